The van der Waals surface area contributed by atoms with E-state index >= 15 is 0 Å². The average Bonchev–Trinajstić information content (AvgIpc) is 2.39. The fraction of sp³-hybridized carbons (Fsp3) is 0.412. The molecule has 20 heavy (non-hydrogen) atoms. The number of nitrogens with one attached hydrogen (secondary N) is 1. The van der Waals surface area contributed by atoms with Gasteiger partial charge in [-0.25, -0.2) is 9.97 Å². The van der Waals surface area contributed by atoms with Crippen LogP contribution in [-0.4, -0.2) is 16.5 Å². The molecule has 1 atom stereocenters. The number of hydrogen-bond acceptors (Lipinski definition) is 3. The van der Waals surface area contributed by atoms with E-state index in [1.54, 1.807) is 0 Å². The van der Waals surface area contributed by atoms with Crippen molar-refractivity contribution in [2.45, 2.75) is 39.0 Å². The summed E-state index contributed by atoms with van der Waals surface area (Å²) in [5, 5.41) is 3.40. The minimum absolute atomic E-state index is 0.432. The van der Waals surface area contributed by atoms with E-state index < -0.39 is 0 Å². The first-order valence-corrected chi connectivity index (χ1v) is 7.30. The van der Waals surface area contributed by atoms with Gasteiger partial charge in [-0.05, 0) is 36.5 Å². The van der Waals surface area contributed by atoms with Gasteiger partial charge in [0.15, 0.2) is 0 Å². The zero-order valence-corrected chi connectivity index (χ0v) is 12.4. The zero-order chi connectivity index (χ0) is 14.1. The third-order valence-corrected chi connectivity index (χ3v) is 3.93. The molecule has 0 radical (unpaired) electrons. The Morgan fingerprint density at radius 1 is 1.25 bits per heavy atom. The molecule has 0 amide bonds. The lowest BCUT2D eigenvalue weighted by atomic mass is 9.78. The molecule has 3 rings (SSSR count). The van der Waals surface area contributed by atoms with Crippen LogP contribution in [0.25, 0.3) is 0 Å². The van der Waals surface area contributed by atoms with Crippen molar-refractivity contribution in [2.24, 2.45) is 0 Å². The summed E-state index contributed by atoms with van der Waals surface area (Å²) in [5.41, 5.74) is 5.08. The third-order valence-electron chi connectivity index (χ3n) is 3.93. The van der Waals surface area contributed by atoms with Gasteiger partial charge in [0.1, 0.15) is 0 Å². The number of rotatable bonds is 4. The standard InChI is InChI=1S/C17H21N3/c1-11(2)16-8-12(3)19-17(20-16)18-10-14-9-13-6-4-5-7-15(13)14/h4-8,11,14H,9-10H2,1-3H3,(H,18,19,20). The molecule has 1 unspecified atom stereocenters. The fourth-order valence-electron chi connectivity index (χ4n) is 2.73. The van der Waals surface area contributed by atoms with Gasteiger partial charge in [-0.15, -0.1) is 0 Å². The second kappa shape index (κ2) is 5.23. The highest BCUT2D eigenvalue weighted by atomic mass is 15.1. The van der Waals surface area contributed by atoms with Crippen LogP contribution in [-0.2, 0) is 6.42 Å². The van der Waals surface area contributed by atoms with E-state index in [1.807, 2.05) is 6.92 Å². The highest BCUT2D eigenvalue weighted by molar-refractivity contribution is 5.42. The first kappa shape index (κ1) is 13.1. The van der Waals surface area contributed by atoms with Gasteiger partial charge in [0.25, 0.3) is 0 Å². The van der Waals surface area contributed by atoms with Crippen molar-refractivity contribution in [3.63, 3.8) is 0 Å². The Bertz CT molecular complexity index is 619. The molecule has 0 aliphatic heterocycles. The molecule has 1 aromatic heterocycles. The lowest BCUT2D eigenvalue weighted by Gasteiger charge is -2.30. The number of nitrogens with zero attached hydrogens (tertiary/aromatic N) is 2. The maximum Gasteiger partial charge on any atom is 0.223 e. The molecule has 1 heterocycles. The molecular formula is C17H21N3. The molecule has 1 aliphatic carbocycles. The van der Waals surface area contributed by atoms with E-state index in [-0.39, 0.29) is 0 Å². The number of aromatic nitrogens is 2. The molecule has 2 aromatic rings. The first-order chi connectivity index (χ1) is 9.63. The van der Waals surface area contributed by atoms with Gasteiger partial charge in [-0.3, -0.25) is 0 Å². The Morgan fingerprint density at radius 2 is 2.05 bits per heavy atom. The van der Waals surface area contributed by atoms with Crippen molar-refractivity contribution in [1.82, 2.24) is 9.97 Å². The molecule has 3 nitrogen and oxygen atoms in total. The molecule has 0 bridgehead atoms. The molecule has 3 heteroatoms. The molecule has 104 valence electrons. The van der Waals surface area contributed by atoms with E-state index in [4.69, 9.17) is 0 Å². The quantitative estimate of drug-likeness (QED) is 0.918. The van der Waals surface area contributed by atoms with Gasteiger partial charge in [-0.2, -0.15) is 0 Å². The van der Waals surface area contributed by atoms with Crippen molar-refractivity contribution >= 4 is 5.95 Å². The van der Waals surface area contributed by atoms with Crippen LogP contribution in [0.5, 0.6) is 0 Å². The second-order valence-corrected chi connectivity index (χ2v) is 5.89. The van der Waals surface area contributed by atoms with Crippen LogP contribution in [0.4, 0.5) is 5.95 Å². The third kappa shape index (κ3) is 2.53. The van der Waals surface area contributed by atoms with Crippen molar-refractivity contribution in [3.05, 3.63) is 52.8 Å². The van der Waals surface area contributed by atoms with E-state index in [2.05, 4.69) is 59.5 Å². The van der Waals surface area contributed by atoms with Crippen LogP contribution in [0.2, 0.25) is 0 Å². The maximum atomic E-state index is 4.60. The van der Waals surface area contributed by atoms with Crippen molar-refractivity contribution < 1.29 is 0 Å². The predicted molar refractivity (Wildman–Crippen MR) is 82.2 cm³/mol. The highest BCUT2D eigenvalue weighted by Crippen LogP contribution is 2.34. The zero-order valence-electron chi connectivity index (χ0n) is 12.4. The van der Waals surface area contributed by atoms with Crippen LogP contribution in [0.1, 0.15) is 48.2 Å². The predicted octanol–water partition coefficient (Wildman–Crippen LogP) is 3.66. The Balaban J connectivity index is 1.68. The smallest absolute Gasteiger partial charge is 0.223 e. The lowest BCUT2D eigenvalue weighted by molar-refractivity contribution is 0.632. The molecule has 0 saturated carbocycles. The minimum Gasteiger partial charge on any atom is -0.354 e. The largest absolute Gasteiger partial charge is 0.354 e. The molecule has 0 saturated heterocycles. The molecule has 0 spiro atoms. The van der Waals surface area contributed by atoms with Gasteiger partial charge in [-0.1, -0.05) is 38.1 Å². The maximum absolute atomic E-state index is 4.60. The Labute approximate surface area is 120 Å². The number of aryl methyl sites for hydroxylation is 1. The monoisotopic (exact) mass is 267 g/mol. The number of benzene rings is 1. The summed E-state index contributed by atoms with van der Waals surface area (Å²) in [6.07, 6.45) is 1.16. The van der Waals surface area contributed by atoms with E-state index in [9.17, 15) is 0 Å². The van der Waals surface area contributed by atoms with E-state index in [1.165, 1.54) is 11.1 Å². The summed E-state index contributed by atoms with van der Waals surface area (Å²) in [7, 11) is 0. The first-order valence-electron chi connectivity index (χ1n) is 7.30. The normalized spacial score (nSPS) is 16.7. The van der Waals surface area contributed by atoms with Crippen molar-refractivity contribution in [2.75, 3.05) is 11.9 Å². The molecular weight excluding hydrogens is 246 g/mol. The Kier molecular flexibility index (Phi) is 3.43. The van der Waals surface area contributed by atoms with E-state index in [0.29, 0.717) is 11.8 Å². The number of hydrogen-bond donors (Lipinski definition) is 1. The van der Waals surface area contributed by atoms with Crippen LogP contribution in [0, 0.1) is 6.92 Å². The summed E-state index contributed by atoms with van der Waals surface area (Å²) < 4.78 is 0. The molecule has 1 aliphatic rings. The van der Waals surface area contributed by atoms with Crippen LogP contribution >= 0.6 is 0 Å². The summed E-state index contributed by atoms with van der Waals surface area (Å²) in [5.74, 6) is 1.79. The summed E-state index contributed by atoms with van der Waals surface area (Å²) in [6.45, 7) is 7.26. The van der Waals surface area contributed by atoms with Gasteiger partial charge >= 0.3 is 0 Å². The fourth-order valence-corrected chi connectivity index (χ4v) is 2.73. The van der Waals surface area contributed by atoms with Crippen LogP contribution in [0.3, 0.4) is 0 Å². The van der Waals surface area contributed by atoms with Crippen molar-refractivity contribution in [3.8, 4) is 0 Å². The topological polar surface area (TPSA) is 37.8 Å². The molecule has 1 aromatic carbocycles. The molecule has 1 N–H and O–H groups in total. The lowest BCUT2D eigenvalue weighted by Crippen LogP contribution is -2.25. The Morgan fingerprint density at radius 3 is 2.80 bits per heavy atom. The van der Waals surface area contributed by atoms with E-state index in [0.717, 1.165) is 30.3 Å². The minimum atomic E-state index is 0.432. The van der Waals surface area contributed by atoms with Gasteiger partial charge < -0.3 is 5.32 Å². The number of anilines is 1. The Hall–Kier alpha value is -1.90. The van der Waals surface area contributed by atoms with Crippen LogP contribution in [0.15, 0.2) is 30.3 Å². The van der Waals surface area contributed by atoms with Crippen molar-refractivity contribution in [1.29, 1.82) is 0 Å². The highest BCUT2D eigenvalue weighted by Gasteiger charge is 2.25. The average molecular weight is 267 g/mol. The van der Waals surface area contributed by atoms with Crippen LogP contribution < -0.4 is 5.32 Å². The van der Waals surface area contributed by atoms with Gasteiger partial charge in [0.2, 0.25) is 5.95 Å². The second-order valence-electron chi connectivity index (χ2n) is 5.89. The van der Waals surface area contributed by atoms with Gasteiger partial charge in [0.05, 0.1) is 0 Å². The molecule has 0 fully saturated rings. The van der Waals surface area contributed by atoms with Gasteiger partial charge in [0, 0.05) is 23.9 Å². The summed E-state index contributed by atoms with van der Waals surface area (Å²) >= 11 is 0. The summed E-state index contributed by atoms with van der Waals surface area (Å²) in [4.78, 5) is 9.08. The number of fused-ring (bicyclic) bond motifs is 1. The summed E-state index contributed by atoms with van der Waals surface area (Å²) in [6, 6.07) is 10.7. The SMILES string of the molecule is Cc1cc(C(C)C)nc(NCC2Cc3ccccc32)n1.